The molecule has 1 aromatic heterocycles. The Morgan fingerprint density at radius 3 is 2.69 bits per heavy atom. The summed E-state index contributed by atoms with van der Waals surface area (Å²) in [5, 5.41) is 4.85. The highest BCUT2D eigenvalue weighted by atomic mass is 32.1. The van der Waals surface area contributed by atoms with E-state index in [0.29, 0.717) is 24.5 Å². The molecule has 2 amide bonds. The molecule has 0 bridgehead atoms. The third-order valence-corrected chi connectivity index (χ3v) is 4.79. The van der Waals surface area contributed by atoms with Gasteiger partial charge in [-0.05, 0) is 30.5 Å². The summed E-state index contributed by atoms with van der Waals surface area (Å²) >= 11 is 1.64. The first-order valence-electron chi connectivity index (χ1n) is 8.57. The molecule has 1 atom stereocenters. The lowest BCUT2D eigenvalue weighted by atomic mass is 10.3. The lowest BCUT2D eigenvalue weighted by Gasteiger charge is -2.22. The molecule has 7 heteroatoms. The van der Waals surface area contributed by atoms with Gasteiger partial charge in [0.05, 0.1) is 20.7 Å². The molecule has 2 N–H and O–H groups in total. The number of benzene rings is 1. The average molecular weight is 377 g/mol. The molecule has 2 rings (SSSR count). The van der Waals surface area contributed by atoms with E-state index in [1.54, 1.807) is 30.6 Å². The Morgan fingerprint density at radius 2 is 2.04 bits per heavy atom. The summed E-state index contributed by atoms with van der Waals surface area (Å²) in [6.07, 6.45) is 0. The van der Waals surface area contributed by atoms with Gasteiger partial charge in [-0.2, -0.15) is 0 Å². The summed E-state index contributed by atoms with van der Waals surface area (Å²) in [4.78, 5) is 28.5. The SMILES string of the molecule is CCN(Cc1cccs1)C(=O)C[NH+](C)CC(=O)Nc1cccc(OC)c1. The minimum absolute atomic E-state index is 0.0487. The number of quaternary nitrogens is 1. The van der Waals surface area contributed by atoms with Crippen LogP contribution in [0.25, 0.3) is 0 Å². The van der Waals surface area contributed by atoms with E-state index < -0.39 is 0 Å². The standard InChI is InChI=1S/C19H25N3O3S/c1-4-22(12-17-9-6-10-26-17)19(24)14-21(2)13-18(23)20-15-7-5-8-16(11-15)25-3/h5-11H,4,12-14H2,1-3H3,(H,20,23)/p+1. The highest BCUT2D eigenvalue weighted by Crippen LogP contribution is 2.16. The minimum Gasteiger partial charge on any atom is -0.497 e. The monoisotopic (exact) mass is 376 g/mol. The Morgan fingerprint density at radius 1 is 1.23 bits per heavy atom. The van der Waals surface area contributed by atoms with Gasteiger partial charge in [-0.15, -0.1) is 11.3 Å². The topological polar surface area (TPSA) is 63.1 Å². The molecule has 0 radical (unpaired) electrons. The largest absolute Gasteiger partial charge is 0.497 e. The number of nitrogens with zero attached hydrogens (tertiary/aromatic N) is 1. The van der Waals surface area contributed by atoms with E-state index in [0.717, 1.165) is 9.78 Å². The van der Waals surface area contributed by atoms with Crippen LogP contribution < -0.4 is 15.0 Å². The Hall–Kier alpha value is -2.38. The molecule has 1 aromatic carbocycles. The van der Waals surface area contributed by atoms with Crippen LogP contribution in [0.5, 0.6) is 5.75 Å². The number of ether oxygens (including phenoxy) is 1. The molecule has 0 aliphatic heterocycles. The molecule has 0 fully saturated rings. The Labute approximate surface area is 158 Å². The summed E-state index contributed by atoms with van der Waals surface area (Å²) < 4.78 is 5.15. The van der Waals surface area contributed by atoms with Gasteiger partial charge in [0.15, 0.2) is 13.1 Å². The maximum atomic E-state index is 12.5. The van der Waals surface area contributed by atoms with E-state index in [1.165, 1.54) is 0 Å². The van der Waals surface area contributed by atoms with Crippen molar-refractivity contribution < 1.29 is 19.2 Å². The molecule has 1 unspecified atom stereocenters. The third-order valence-electron chi connectivity index (χ3n) is 3.93. The number of hydrogen-bond acceptors (Lipinski definition) is 4. The van der Waals surface area contributed by atoms with Crippen molar-refractivity contribution in [3.63, 3.8) is 0 Å². The predicted octanol–water partition coefficient (Wildman–Crippen LogP) is 1.26. The molecular formula is C19H26N3O3S+. The van der Waals surface area contributed by atoms with Gasteiger partial charge in [-0.3, -0.25) is 9.59 Å². The lowest BCUT2D eigenvalue weighted by molar-refractivity contribution is -0.862. The first kappa shape index (κ1) is 19.9. The number of carbonyl (C=O) groups is 2. The van der Waals surface area contributed by atoms with Crippen LogP contribution in [-0.2, 0) is 16.1 Å². The van der Waals surface area contributed by atoms with E-state index in [4.69, 9.17) is 4.74 Å². The Kier molecular flexibility index (Phi) is 7.62. The van der Waals surface area contributed by atoms with Crippen LogP contribution in [0.4, 0.5) is 5.69 Å². The van der Waals surface area contributed by atoms with Crippen molar-refractivity contribution >= 4 is 28.8 Å². The van der Waals surface area contributed by atoms with Crippen LogP contribution in [0.3, 0.4) is 0 Å². The summed E-state index contributed by atoms with van der Waals surface area (Å²) in [6, 6.07) is 11.2. The third kappa shape index (κ3) is 6.16. The second kappa shape index (κ2) is 9.94. The molecule has 140 valence electrons. The van der Waals surface area contributed by atoms with Gasteiger partial charge in [0.2, 0.25) is 0 Å². The number of methoxy groups -OCH3 is 1. The zero-order chi connectivity index (χ0) is 18.9. The van der Waals surface area contributed by atoms with Gasteiger partial charge in [0, 0.05) is 23.2 Å². The van der Waals surface area contributed by atoms with E-state index in [1.807, 2.05) is 48.5 Å². The van der Waals surface area contributed by atoms with Crippen LogP contribution in [0.2, 0.25) is 0 Å². The van der Waals surface area contributed by atoms with E-state index in [-0.39, 0.29) is 24.9 Å². The first-order chi connectivity index (χ1) is 12.5. The van der Waals surface area contributed by atoms with Crippen molar-refractivity contribution in [2.75, 3.05) is 39.1 Å². The quantitative estimate of drug-likeness (QED) is 0.693. The minimum atomic E-state index is -0.134. The van der Waals surface area contributed by atoms with Crippen LogP contribution in [0, 0.1) is 0 Å². The number of carbonyl (C=O) groups excluding carboxylic acids is 2. The maximum Gasteiger partial charge on any atom is 0.279 e. The number of nitrogens with one attached hydrogen (secondary N) is 2. The van der Waals surface area contributed by atoms with Crippen molar-refractivity contribution in [3.8, 4) is 5.75 Å². The second-order valence-electron chi connectivity index (χ2n) is 6.08. The lowest BCUT2D eigenvalue weighted by Crippen LogP contribution is -3.11. The van der Waals surface area contributed by atoms with Crippen molar-refractivity contribution in [3.05, 3.63) is 46.7 Å². The normalized spacial score (nSPS) is 11.7. The fraction of sp³-hybridized carbons (Fsp3) is 0.368. The highest BCUT2D eigenvalue weighted by molar-refractivity contribution is 7.09. The maximum absolute atomic E-state index is 12.5. The number of thiophene rings is 1. The number of rotatable bonds is 9. The van der Waals surface area contributed by atoms with Crippen molar-refractivity contribution in [2.45, 2.75) is 13.5 Å². The van der Waals surface area contributed by atoms with Gasteiger partial charge in [-0.1, -0.05) is 12.1 Å². The average Bonchev–Trinajstić information content (AvgIpc) is 3.12. The molecule has 26 heavy (non-hydrogen) atoms. The Bertz CT molecular complexity index is 719. The van der Waals surface area contributed by atoms with Crippen molar-refractivity contribution in [2.24, 2.45) is 0 Å². The predicted molar refractivity (Wildman–Crippen MR) is 104 cm³/mol. The second-order valence-corrected chi connectivity index (χ2v) is 7.11. The van der Waals surface area contributed by atoms with Gasteiger partial charge >= 0.3 is 0 Å². The molecule has 6 nitrogen and oxygen atoms in total. The number of likely N-dealkylation sites (N-methyl/N-ethyl adjacent to an activating group) is 2. The van der Waals surface area contributed by atoms with E-state index in [9.17, 15) is 9.59 Å². The molecule has 1 heterocycles. The smallest absolute Gasteiger partial charge is 0.279 e. The zero-order valence-corrected chi connectivity index (χ0v) is 16.3. The molecule has 0 aliphatic rings. The van der Waals surface area contributed by atoms with Crippen LogP contribution >= 0.6 is 11.3 Å². The summed E-state index contributed by atoms with van der Waals surface area (Å²) in [6.45, 7) is 3.75. The molecule has 0 saturated heterocycles. The first-order valence-corrected chi connectivity index (χ1v) is 9.45. The summed E-state index contributed by atoms with van der Waals surface area (Å²) in [5.41, 5.74) is 0.682. The molecule has 0 aliphatic carbocycles. The Balaban J connectivity index is 1.83. The number of hydrogen-bond donors (Lipinski definition) is 2. The van der Waals surface area contributed by atoms with Gasteiger partial charge in [0.25, 0.3) is 11.8 Å². The molecule has 0 saturated carbocycles. The van der Waals surface area contributed by atoms with E-state index in [2.05, 4.69) is 5.32 Å². The fourth-order valence-corrected chi connectivity index (χ4v) is 3.30. The van der Waals surface area contributed by atoms with Gasteiger partial charge in [-0.25, -0.2) is 0 Å². The summed E-state index contributed by atoms with van der Waals surface area (Å²) in [7, 11) is 3.43. The zero-order valence-electron chi connectivity index (χ0n) is 15.5. The molecular weight excluding hydrogens is 350 g/mol. The number of amides is 2. The van der Waals surface area contributed by atoms with Crippen LogP contribution in [-0.4, -0.2) is 50.5 Å². The van der Waals surface area contributed by atoms with E-state index >= 15 is 0 Å². The van der Waals surface area contributed by atoms with Gasteiger partial charge < -0.3 is 19.9 Å². The van der Waals surface area contributed by atoms with Crippen LogP contribution in [0.1, 0.15) is 11.8 Å². The van der Waals surface area contributed by atoms with Gasteiger partial charge in [0.1, 0.15) is 5.75 Å². The fourth-order valence-electron chi connectivity index (χ4n) is 2.58. The number of anilines is 1. The molecule has 0 spiro atoms. The van der Waals surface area contributed by atoms with Crippen molar-refractivity contribution in [1.29, 1.82) is 0 Å². The van der Waals surface area contributed by atoms with Crippen LogP contribution in [0.15, 0.2) is 41.8 Å². The molecule has 2 aromatic rings. The summed E-state index contributed by atoms with van der Waals surface area (Å²) in [5.74, 6) is 0.600. The van der Waals surface area contributed by atoms with Crippen molar-refractivity contribution in [1.82, 2.24) is 4.90 Å². The highest BCUT2D eigenvalue weighted by Gasteiger charge is 2.19.